The first kappa shape index (κ1) is 47.5. The van der Waals surface area contributed by atoms with Crippen LogP contribution in [0.2, 0.25) is 0 Å². The Morgan fingerprint density at radius 2 is 0.628 bits per heavy atom. The summed E-state index contributed by atoms with van der Waals surface area (Å²) in [6.07, 6.45) is -4.84. The van der Waals surface area contributed by atoms with E-state index in [9.17, 15) is 44.7 Å². The predicted molar refractivity (Wildman–Crippen MR) is 296 cm³/mol. The zero-order valence-corrected chi connectivity index (χ0v) is 40.8. The average Bonchev–Trinajstić information content (AvgIpc) is 4.00. The first-order chi connectivity index (χ1) is 38.0. The van der Waals surface area contributed by atoms with E-state index in [4.69, 9.17) is 0 Å². The Kier molecular flexibility index (Phi) is 11.4. The van der Waals surface area contributed by atoms with E-state index in [-0.39, 0.29) is 22.3 Å². The van der Waals surface area contributed by atoms with Crippen molar-refractivity contribution in [3.8, 4) is 103 Å². The quantitative estimate of drug-likeness (QED) is 0.155. The second-order valence-electron chi connectivity index (χ2n) is 18.6. The topological polar surface area (TPSA) is 153 Å². The number of fused-ring (bicyclic) bond motifs is 6. The van der Waals surface area contributed by atoms with Crippen molar-refractivity contribution in [2.45, 2.75) is 6.18 Å². The molecule has 0 aliphatic carbocycles. The van der Waals surface area contributed by atoms with Gasteiger partial charge in [-0.25, -0.2) is 0 Å². The summed E-state index contributed by atoms with van der Waals surface area (Å²) in [7, 11) is 0. The molecule has 0 fully saturated rings. The van der Waals surface area contributed by atoms with Gasteiger partial charge in [0.15, 0.2) is 0 Å². The largest absolute Gasteiger partial charge is 0.416 e. The second-order valence-corrected chi connectivity index (χ2v) is 18.6. The lowest BCUT2D eigenvalue weighted by molar-refractivity contribution is -0.137. The van der Waals surface area contributed by atoms with Crippen LogP contribution in [0.1, 0.15) is 38.9 Å². The fraction of sp³-hybridized carbons (Fsp3) is 0.0149. The zero-order valence-electron chi connectivity index (χ0n) is 40.8. The van der Waals surface area contributed by atoms with Crippen LogP contribution in [-0.2, 0) is 6.18 Å². The van der Waals surface area contributed by atoms with E-state index < -0.39 is 11.7 Å². The standard InChI is InChI=1S/C67H33F3N8/c68-67(69,70)51-26-40(34-71)25-49(27-51)60-33-66(78-63-30-43(54-15-7-3-11-47(54)37-74)19-23-58(63)59-24-20-44(31-64(59)78)55-16-8-4-12-48(55)38-75)65(32-50(60)39-76)77-61-28-41(52-13-5-1-9-45(52)35-72)17-21-56(61)57-22-18-42(29-62(57)77)53-14-6-2-10-46(53)36-73/h1-33H. The van der Waals surface area contributed by atoms with E-state index in [0.29, 0.717) is 100 Å². The van der Waals surface area contributed by atoms with Gasteiger partial charge in [0.25, 0.3) is 0 Å². The fourth-order valence-corrected chi connectivity index (χ4v) is 10.8. The highest BCUT2D eigenvalue weighted by molar-refractivity contribution is 6.14. The molecular formula is C67H33F3N8. The Balaban J connectivity index is 1.29. The molecule has 12 rings (SSSR count). The average molecular weight is 1010 g/mol. The van der Waals surface area contributed by atoms with Crippen LogP contribution < -0.4 is 0 Å². The highest BCUT2D eigenvalue weighted by atomic mass is 19.4. The Morgan fingerprint density at radius 1 is 0.295 bits per heavy atom. The summed E-state index contributed by atoms with van der Waals surface area (Å²) < 4.78 is 48.4. The van der Waals surface area contributed by atoms with Crippen molar-refractivity contribution in [2.75, 3.05) is 0 Å². The maximum atomic E-state index is 14.8. The maximum absolute atomic E-state index is 14.8. The molecule has 8 nitrogen and oxygen atoms in total. The fourth-order valence-electron chi connectivity index (χ4n) is 10.8. The first-order valence-corrected chi connectivity index (χ1v) is 24.4. The van der Waals surface area contributed by atoms with E-state index in [1.54, 1.807) is 60.7 Å². The SMILES string of the molecule is N#Cc1cc(-c2cc(-n3c4cc(-c5ccccc5C#N)ccc4c4ccc(-c5ccccc5C#N)cc43)c(-n3c4cc(-c5ccccc5C#N)ccc4c4ccc(-c5ccccc5C#N)cc43)cc2C#N)cc(C(F)(F)F)c1. The number of hydrogen-bond donors (Lipinski definition) is 0. The number of rotatable bonds is 7. The molecule has 0 spiro atoms. The molecule has 0 aliphatic rings. The van der Waals surface area contributed by atoms with E-state index in [1.807, 2.05) is 137 Å². The Bertz CT molecular complexity index is 4590. The van der Waals surface area contributed by atoms with Gasteiger partial charge >= 0.3 is 6.18 Å². The third-order valence-electron chi connectivity index (χ3n) is 14.4. The van der Waals surface area contributed by atoms with E-state index >= 15 is 0 Å². The summed E-state index contributed by atoms with van der Waals surface area (Å²) in [6, 6.07) is 72.4. The van der Waals surface area contributed by atoms with Crippen molar-refractivity contribution < 1.29 is 13.2 Å². The molecule has 2 heterocycles. The molecule has 2 aromatic heterocycles. The van der Waals surface area contributed by atoms with E-state index in [2.05, 4.69) is 30.3 Å². The van der Waals surface area contributed by atoms with Crippen LogP contribution in [0.15, 0.2) is 200 Å². The lowest BCUT2D eigenvalue weighted by atomic mass is 9.94. The minimum absolute atomic E-state index is 0.00281. The van der Waals surface area contributed by atoms with Crippen molar-refractivity contribution in [1.29, 1.82) is 31.6 Å². The van der Waals surface area contributed by atoms with E-state index in [0.717, 1.165) is 33.7 Å². The molecule has 0 bridgehead atoms. The van der Waals surface area contributed by atoms with Crippen LogP contribution in [0, 0.1) is 68.0 Å². The summed E-state index contributed by atoms with van der Waals surface area (Å²) in [4.78, 5) is 0. The van der Waals surface area contributed by atoms with Crippen LogP contribution in [-0.4, -0.2) is 9.13 Å². The Hall–Kier alpha value is -11.5. The molecule has 0 amide bonds. The maximum Gasteiger partial charge on any atom is 0.416 e. The summed E-state index contributed by atoms with van der Waals surface area (Å²) in [5, 5.41) is 66.0. The number of nitrogens with zero attached hydrogens (tertiary/aromatic N) is 8. The molecule has 0 saturated heterocycles. The minimum atomic E-state index is -4.84. The first-order valence-electron chi connectivity index (χ1n) is 24.4. The van der Waals surface area contributed by atoms with Gasteiger partial charge in [0.1, 0.15) is 0 Å². The van der Waals surface area contributed by atoms with Gasteiger partial charge in [-0.3, -0.25) is 0 Å². The number of alkyl halides is 3. The number of aromatic nitrogens is 2. The van der Waals surface area contributed by atoms with Crippen molar-refractivity contribution in [1.82, 2.24) is 9.13 Å². The molecule has 362 valence electrons. The molecule has 10 aromatic carbocycles. The number of benzene rings is 10. The molecule has 78 heavy (non-hydrogen) atoms. The van der Waals surface area contributed by atoms with Crippen molar-refractivity contribution >= 4 is 43.6 Å². The highest BCUT2D eigenvalue weighted by Gasteiger charge is 2.32. The molecule has 0 atom stereocenters. The molecule has 11 heteroatoms. The van der Waals surface area contributed by atoms with Gasteiger partial charge in [-0.15, -0.1) is 0 Å². The lowest BCUT2D eigenvalue weighted by Crippen LogP contribution is -2.07. The predicted octanol–water partition coefficient (Wildman–Crippen LogP) is 16.5. The van der Waals surface area contributed by atoms with Crippen molar-refractivity contribution in [3.63, 3.8) is 0 Å². The molecule has 0 unspecified atom stereocenters. The molecule has 0 radical (unpaired) electrons. The number of hydrogen-bond acceptors (Lipinski definition) is 6. The summed E-state index contributed by atoms with van der Waals surface area (Å²) in [5.41, 5.74) is 9.38. The van der Waals surface area contributed by atoms with Crippen LogP contribution in [0.25, 0.3) is 111 Å². The van der Waals surface area contributed by atoms with Gasteiger partial charge in [-0.2, -0.15) is 44.7 Å². The smallest absolute Gasteiger partial charge is 0.307 e. The van der Waals surface area contributed by atoms with Gasteiger partial charge < -0.3 is 9.13 Å². The molecule has 0 N–H and O–H groups in total. The minimum Gasteiger partial charge on any atom is -0.307 e. The highest BCUT2D eigenvalue weighted by Crippen LogP contribution is 2.45. The van der Waals surface area contributed by atoms with Crippen LogP contribution in [0.4, 0.5) is 13.2 Å². The van der Waals surface area contributed by atoms with Crippen LogP contribution in [0.5, 0.6) is 0 Å². The Morgan fingerprint density at radius 3 is 0.949 bits per heavy atom. The summed E-state index contributed by atoms with van der Waals surface area (Å²) >= 11 is 0. The van der Waals surface area contributed by atoms with Gasteiger partial charge in [0.05, 0.1) is 109 Å². The monoisotopic (exact) mass is 1010 g/mol. The molecule has 0 saturated carbocycles. The van der Waals surface area contributed by atoms with Crippen LogP contribution >= 0.6 is 0 Å². The molecule has 12 aromatic rings. The van der Waals surface area contributed by atoms with Gasteiger partial charge in [-0.05, 0) is 129 Å². The summed E-state index contributed by atoms with van der Waals surface area (Å²) in [5.74, 6) is 0. The Labute approximate surface area is 444 Å². The van der Waals surface area contributed by atoms with E-state index in [1.165, 1.54) is 6.07 Å². The summed E-state index contributed by atoms with van der Waals surface area (Å²) in [6.45, 7) is 0. The van der Waals surface area contributed by atoms with Gasteiger partial charge in [0, 0.05) is 27.1 Å². The van der Waals surface area contributed by atoms with Gasteiger partial charge in [0.2, 0.25) is 0 Å². The number of nitriles is 6. The third-order valence-corrected chi connectivity index (χ3v) is 14.4. The van der Waals surface area contributed by atoms with Crippen molar-refractivity contribution in [3.05, 3.63) is 239 Å². The molecule has 0 aliphatic heterocycles. The lowest BCUT2D eigenvalue weighted by Gasteiger charge is -2.21. The third kappa shape index (κ3) is 7.82. The van der Waals surface area contributed by atoms with Crippen molar-refractivity contribution in [2.24, 2.45) is 0 Å². The zero-order chi connectivity index (χ0) is 53.8. The van der Waals surface area contributed by atoms with Gasteiger partial charge in [-0.1, -0.05) is 121 Å². The van der Waals surface area contributed by atoms with Crippen LogP contribution in [0.3, 0.4) is 0 Å². The number of halogens is 3. The second kappa shape index (κ2) is 18.8. The molecular weight excluding hydrogens is 974 g/mol. The normalized spacial score (nSPS) is 11.2.